The number of benzene rings is 3. The lowest BCUT2D eigenvalue weighted by Gasteiger charge is -2.24. The second kappa shape index (κ2) is 11.6. The Kier molecular flexibility index (Phi) is 8.19. The Morgan fingerprint density at radius 2 is 1.59 bits per heavy atom. The molecule has 1 N–H and O–H groups in total. The van der Waals surface area contributed by atoms with Crippen LogP contribution in [0.5, 0.6) is 0 Å². The Morgan fingerprint density at radius 3 is 2.26 bits per heavy atom. The molecule has 1 saturated heterocycles. The lowest BCUT2D eigenvalue weighted by Crippen LogP contribution is -2.10. The van der Waals surface area contributed by atoms with Gasteiger partial charge in [0.05, 0.1) is 12.7 Å². The van der Waals surface area contributed by atoms with Crippen LogP contribution in [0.15, 0.2) is 48.5 Å². The van der Waals surface area contributed by atoms with E-state index in [9.17, 15) is 22.7 Å². The molecule has 0 bridgehead atoms. The number of ether oxygens (including phenoxy) is 1. The highest BCUT2D eigenvalue weighted by Gasteiger charge is 2.30. The van der Waals surface area contributed by atoms with Gasteiger partial charge in [0.15, 0.2) is 23.3 Å². The first-order chi connectivity index (χ1) is 18.8. The van der Waals surface area contributed by atoms with Crippen LogP contribution in [0.1, 0.15) is 92.2 Å². The standard InChI is InChI=1S/C32H31F5O2/c1-2-3-4-5-27(38)24-14-12-22(29(34)31(24)36)19-8-6-18(7-9-19)21-11-10-20(16-26(21)33)23-13-15-25(28-17-39-28)32(37)30(23)35/h6,10-16,19,27-28,38H,2-5,7-9,17H2,1H3. The van der Waals surface area contributed by atoms with Crippen molar-refractivity contribution in [3.8, 4) is 11.1 Å². The van der Waals surface area contributed by atoms with Crippen LogP contribution in [-0.2, 0) is 4.74 Å². The summed E-state index contributed by atoms with van der Waals surface area (Å²) >= 11 is 0. The molecular weight excluding hydrogens is 511 g/mol. The molecule has 0 saturated carbocycles. The third-order valence-corrected chi connectivity index (χ3v) is 7.85. The summed E-state index contributed by atoms with van der Waals surface area (Å²) in [5.41, 5.74) is 1.65. The Balaban J connectivity index is 1.31. The maximum Gasteiger partial charge on any atom is 0.167 e. The van der Waals surface area contributed by atoms with Crippen LogP contribution in [0.2, 0.25) is 0 Å². The third kappa shape index (κ3) is 5.66. The van der Waals surface area contributed by atoms with Crippen LogP contribution in [-0.4, -0.2) is 11.7 Å². The Hall–Kier alpha value is -3.03. The molecule has 3 aromatic carbocycles. The first kappa shape index (κ1) is 27.5. The SMILES string of the molecule is CCCCCC(O)c1ccc(C2CC=C(c3ccc(-c4ccc(C5CO5)c(F)c4F)cc3F)CC2)c(F)c1F. The van der Waals surface area contributed by atoms with Crippen molar-refractivity contribution in [1.29, 1.82) is 0 Å². The van der Waals surface area contributed by atoms with E-state index in [0.717, 1.165) is 24.8 Å². The van der Waals surface area contributed by atoms with Crippen LogP contribution in [0.3, 0.4) is 0 Å². The van der Waals surface area contributed by atoms with E-state index in [1.807, 2.05) is 13.0 Å². The van der Waals surface area contributed by atoms with Gasteiger partial charge in [-0.1, -0.05) is 68.7 Å². The van der Waals surface area contributed by atoms with Crippen LogP contribution < -0.4 is 0 Å². The molecule has 3 atom stereocenters. The van der Waals surface area contributed by atoms with Gasteiger partial charge in [-0.3, -0.25) is 0 Å². The molecule has 0 radical (unpaired) electrons. The average molecular weight is 543 g/mol. The summed E-state index contributed by atoms with van der Waals surface area (Å²) in [6.07, 6.45) is 4.69. The molecule has 0 aromatic heterocycles. The Labute approximate surface area is 225 Å². The largest absolute Gasteiger partial charge is 0.388 e. The Bertz CT molecular complexity index is 1400. The van der Waals surface area contributed by atoms with Crippen molar-refractivity contribution in [2.45, 2.75) is 70.0 Å². The lowest BCUT2D eigenvalue weighted by atomic mass is 9.81. The van der Waals surface area contributed by atoms with E-state index in [1.165, 1.54) is 24.3 Å². The fourth-order valence-corrected chi connectivity index (χ4v) is 5.46. The molecule has 2 aliphatic rings. The summed E-state index contributed by atoms with van der Waals surface area (Å²) in [6.45, 7) is 2.38. The number of rotatable bonds is 9. The van der Waals surface area contributed by atoms with Crippen LogP contribution >= 0.6 is 0 Å². The van der Waals surface area contributed by atoms with E-state index >= 15 is 4.39 Å². The molecule has 2 nitrogen and oxygen atoms in total. The quantitative estimate of drug-likeness (QED) is 0.166. The van der Waals surface area contributed by atoms with E-state index < -0.39 is 41.3 Å². The molecule has 7 heteroatoms. The van der Waals surface area contributed by atoms with Crippen molar-refractivity contribution >= 4 is 5.57 Å². The minimum absolute atomic E-state index is 0.0200. The highest BCUT2D eigenvalue weighted by atomic mass is 19.2. The molecular formula is C32H31F5O2. The van der Waals surface area contributed by atoms with Crippen molar-refractivity contribution in [2.75, 3.05) is 6.61 Å². The zero-order valence-electron chi connectivity index (χ0n) is 21.8. The number of hydrogen-bond acceptors (Lipinski definition) is 2. The van der Waals surface area contributed by atoms with Gasteiger partial charge in [0.1, 0.15) is 11.9 Å². The number of aliphatic hydroxyl groups is 1. The number of allylic oxidation sites excluding steroid dienone is 2. The molecule has 3 aromatic rings. The van der Waals surface area contributed by atoms with Crippen molar-refractivity contribution < 1.29 is 31.8 Å². The topological polar surface area (TPSA) is 32.8 Å². The van der Waals surface area contributed by atoms with Gasteiger partial charge in [0, 0.05) is 22.3 Å². The molecule has 1 aliphatic carbocycles. The van der Waals surface area contributed by atoms with Crippen LogP contribution in [0.25, 0.3) is 16.7 Å². The molecule has 3 unspecified atom stereocenters. The predicted octanol–water partition coefficient (Wildman–Crippen LogP) is 9.09. The highest BCUT2D eigenvalue weighted by molar-refractivity contribution is 5.72. The zero-order chi connectivity index (χ0) is 27.7. The molecule has 1 aliphatic heterocycles. The fraction of sp³-hybridized carbons (Fsp3) is 0.375. The zero-order valence-corrected chi connectivity index (χ0v) is 21.8. The lowest BCUT2D eigenvalue weighted by molar-refractivity contribution is 0.157. The summed E-state index contributed by atoms with van der Waals surface area (Å²) < 4.78 is 79.1. The van der Waals surface area contributed by atoms with Gasteiger partial charge in [-0.2, -0.15) is 0 Å². The highest BCUT2D eigenvalue weighted by Crippen LogP contribution is 2.40. The van der Waals surface area contributed by atoms with E-state index in [-0.39, 0.29) is 33.7 Å². The minimum Gasteiger partial charge on any atom is -0.388 e. The second-order valence-corrected chi connectivity index (χ2v) is 10.4. The van der Waals surface area contributed by atoms with Gasteiger partial charge in [-0.05, 0) is 54.4 Å². The first-order valence-electron chi connectivity index (χ1n) is 13.5. The van der Waals surface area contributed by atoms with Gasteiger partial charge in [-0.25, -0.2) is 22.0 Å². The summed E-state index contributed by atoms with van der Waals surface area (Å²) in [4.78, 5) is 0. The predicted molar refractivity (Wildman–Crippen MR) is 140 cm³/mol. The molecule has 0 amide bonds. The van der Waals surface area contributed by atoms with E-state index in [2.05, 4.69) is 0 Å². The summed E-state index contributed by atoms with van der Waals surface area (Å²) in [6, 6.07) is 10.2. The molecule has 1 heterocycles. The van der Waals surface area contributed by atoms with Gasteiger partial charge in [-0.15, -0.1) is 0 Å². The molecule has 39 heavy (non-hydrogen) atoms. The smallest absolute Gasteiger partial charge is 0.167 e. The monoisotopic (exact) mass is 542 g/mol. The second-order valence-electron chi connectivity index (χ2n) is 10.4. The number of unbranched alkanes of at least 4 members (excludes halogenated alkanes) is 2. The number of epoxide rings is 1. The summed E-state index contributed by atoms with van der Waals surface area (Å²) in [7, 11) is 0. The van der Waals surface area contributed by atoms with E-state index in [0.29, 0.717) is 37.9 Å². The third-order valence-electron chi connectivity index (χ3n) is 7.85. The van der Waals surface area contributed by atoms with Crippen LogP contribution in [0, 0.1) is 29.1 Å². The fourth-order valence-electron chi connectivity index (χ4n) is 5.46. The molecule has 5 rings (SSSR count). The Morgan fingerprint density at radius 1 is 0.872 bits per heavy atom. The maximum absolute atomic E-state index is 15.1. The van der Waals surface area contributed by atoms with E-state index in [4.69, 9.17) is 4.74 Å². The normalized spacial score (nSPS) is 19.6. The number of hydrogen-bond donors (Lipinski definition) is 1. The van der Waals surface area contributed by atoms with Gasteiger partial charge in [0.2, 0.25) is 0 Å². The average Bonchev–Trinajstić information content (AvgIpc) is 3.77. The summed E-state index contributed by atoms with van der Waals surface area (Å²) in [5.74, 6) is -4.80. The number of aliphatic hydroxyl groups excluding tert-OH is 1. The van der Waals surface area contributed by atoms with Crippen molar-refractivity contribution in [2.24, 2.45) is 0 Å². The van der Waals surface area contributed by atoms with Crippen molar-refractivity contribution in [3.63, 3.8) is 0 Å². The van der Waals surface area contributed by atoms with Crippen LogP contribution in [0.4, 0.5) is 22.0 Å². The van der Waals surface area contributed by atoms with E-state index in [1.54, 1.807) is 18.2 Å². The summed E-state index contributed by atoms with van der Waals surface area (Å²) in [5, 5.41) is 10.3. The number of halogens is 5. The van der Waals surface area contributed by atoms with Gasteiger partial charge in [0.25, 0.3) is 0 Å². The van der Waals surface area contributed by atoms with Gasteiger partial charge >= 0.3 is 0 Å². The molecule has 206 valence electrons. The van der Waals surface area contributed by atoms with Gasteiger partial charge < -0.3 is 9.84 Å². The molecule has 0 spiro atoms. The van der Waals surface area contributed by atoms with Crippen molar-refractivity contribution in [1.82, 2.24) is 0 Å². The first-order valence-corrected chi connectivity index (χ1v) is 13.5. The maximum atomic E-state index is 15.1. The molecule has 1 fully saturated rings. The van der Waals surface area contributed by atoms with Crippen molar-refractivity contribution in [3.05, 3.63) is 99.9 Å². The minimum atomic E-state index is -1.04.